The highest BCUT2D eigenvalue weighted by atomic mass is 16.6. The number of carbonyl (C=O) groups excluding carboxylic acids is 1. The molecule has 2 atom stereocenters. The second-order valence-electron chi connectivity index (χ2n) is 6.98. The van der Waals surface area contributed by atoms with Crippen LogP contribution >= 0.6 is 0 Å². The van der Waals surface area contributed by atoms with Crippen molar-refractivity contribution in [2.75, 3.05) is 7.11 Å². The molecule has 3 aromatic rings. The fourth-order valence-electron chi connectivity index (χ4n) is 3.69. The fourth-order valence-corrected chi connectivity index (χ4v) is 3.69. The highest BCUT2D eigenvalue weighted by Gasteiger charge is 2.26. The van der Waals surface area contributed by atoms with E-state index in [2.05, 4.69) is 18.8 Å². The molecule has 26 heavy (non-hydrogen) atoms. The van der Waals surface area contributed by atoms with Crippen LogP contribution < -0.4 is 9.47 Å². The lowest BCUT2D eigenvalue weighted by Crippen LogP contribution is -2.19. The van der Waals surface area contributed by atoms with Gasteiger partial charge in [-0.15, -0.1) is 0 Å². The molecule has 0 aliphatic heterocycles. The predicted molar refractivity (Wildman–Crippen MR) is 100 cm³/mol. The molecule has 1 aromatic heterocycles. The Morgan fingerprint density at radius 3 is 2.81 bits per heavy atom. The van der Waals surface area contributed by atoms with E-state index < -0.39 is 6.09 Å². The molecule has 0 bridgehead atoms. The number of aromatic nitrogens is 2. The number of hydrogen-bond donors (Lipinski definition) is 0. The summed E-state index contributed by atoms with van der Waals surface area (Å²) in [6.45, 7) is 4.52. The van der Waals surface area contributed by atoms with E-state index in [0.717, 1.165) is 23.9 Å². The molecule has 1 aliphatic carbocycles. The molecule has 134 valence electrons. The molecule has 0 radical (unpaired) electrons. The lowest BCUT2D eigenvalue weighted by molar-refractivity contribution is 0.201. The first-order valence-electron chi connectivity index (χ1n) is 8.93. The number of imidazole rings is 1. The molecule has 0 spiro atoms. The molecule has 0 saturated carbocycles. The zero-order valence-electron chi connectivity index (χ0n) is 15.2. The predicted octanol–water partition coefficient (Wildman–Crippen LogP) is 4.78. The standard InChI is InChI=1S/C21H22N2O3/c1-13-8-9-15-10-20(19(25-3)11-16(15)14(13)2)26-21(24)23-12-22-17-6-4-5-7-18(17)23/h4-7,10-14H,8-9H2,1-3H3. The number of rotatable bonds is 2. The average Bonchev–Trinajstić information content (AvgIpc) is 3.09. The molecule has 4 rings (SSSR count). The second kappa shape index (κ2) is 6.48. The monoisotopic (exact) mass is 350 g/mol. The number of methoxy groups -OCH3 is 1. The number of fused-ring (bicyclic) bond motifs is 2. The van der Waals surface area contributed by atoms with Crippen molar-refractivity contribution in [2.24, 2.45) is 5.92 Å². The number of carbonyl (C=O) groups is 1. The van der Waals surface area contributed by atoms with Crippen LogP contribution in [0, 0.1) is 5.92 Å². The number of nitrogens with zero attached hydrogens (tertiary/aromatic N) is 2. The van der Waals surface area contributed by atoms with Crippen molar-refractivity contribution in [3.8, 4) is 11.5 Å². The van der Waals surface area contributed by atoms with E-state index in [0.29, 0.717) is 23.3 Å². The van der Waals surface area contributed by atoms with Crippen LogP contribution in [0.25, 0.3) is 11.0 Å². The molecule has 0 fully saturated rings. The van der Waals surface area contributed by atoms with Gasteiger partial charge in [0, 0.05) is 0 Å². The topological polar surface area (TPSA) is 53.4 Å². The van der Waals surface area contributed by atoms with Crippen molar-refractivity contribution < 1.29 is 14.3 Å². The van der Waals surface area contributed by atoms with Gasteiger partial charge in [-0.25, -0.2) is 14.3 Å². The summed E-state index contributed by atoms with van der Waals surface area (Å²) in [5.41, 5.74) is 3.99. The summed E-state index contributed by atoms with van der Waals surface area (Å²) >= 11 is 0. The maximum atomic E-state index is 12.7. The number of ether oxygens (including phenoxy) is 2. The first kappa shape index (κ1) is 16.6. The van der Waals surface area contributed by atoms with Crippen molar-refractivity contribution >= 4 is 17.1 Å². The lowest BCUT2D eigenvalue weighted by atomic mass is 9.77. The summed E-state index contributed by atoms with van der Waals surface area (Å²) in [5.74, 6) is 2.14. The van der Waals surface area contributed by atoms with E-state index in [1.54, 1.807) is 7.11 Å². The molecule has 0 amide bonds. The Bertz CT molecular complexity index is 977. The number of benzene rings is 2. The van der Waals surface area contributed by atoms with Gasteiger partial charge in [-0.05, 0) is 60.1 Å². The number of para-hydroxylation sites is 2. The molecule has 5 nitrogen and oxygen atoms in total. The van der Waals surface area contributed by atoms with Crippen LogP contribution in [0.5, 0.6) is 11.5 Å². The Morgan fingerprint density at radius 2 is 2.00 bits per heavy atom. The van der Waals surface area contributed by atoms with Gasteiger partial charge in [0.05, 0.1) is 18.1 Å². The van der Waals surface area contributed by atoms with E-state index in [-0.39, 0.29) is 0 Å². The smallest absolute Gasteiger partial charge is 0.425 e. The minimum atomic E-state index is -0.492. The molecule has 1 aliphatic rings. The normalized spacial score (nSPS) is 19.2. The Kier molecular flexibility index (Phi) is 4.15. The van der Waals surface area contributed by atoms with Crippen LogP contribution in [0.4, 0.5) is 4.79 Å². The summed E-state index contributed by atoms with van der Waals surface area (Å²) in [7, 11) is 1.60. The van der Waals surface area contributed by atoms with Gasteiger partial charge in [-0.1, -0.05) is 26.0 Å². The van der Waals surface area contributed by atoms with E-state index in [1.807, 2.05) is 36.4 Å². The van der Waals surface area contributed by atoms with Crippen molar-refractivity contribution in [3.05, 3.63) is 53.9 Å². The first-order chi connectivity index (χ1) is 12.6. The van der Waals surface area contributed by atoms with Gasteiger partial charge in [-0.2, -0.15) is 0 Å². The van der Waals surface area contributed by atoms with Gasteiger partial charge < -0.3 is 9.47 Å². The summed E-state index contributed by atoms with van der Waals surface area (Å²) in [6, 6.07) is 11.4. The SMILES string of the molecule is COc1cc2c(cc1OC(=O)n1cnc3ccccc31)CCC(C)C2C. The minimum Gasteiger partial charge on any atom is -0.493 e. The van der Waals surface area contributed by atoms with Gasteiger partial charge in [0.1, 0.15) is 6.33 Å². The van der Waals surface area contributed by atoms with E-state index in [9.17, 15) is 4.79 Å². The molecule has 0 saturated heterocycles. The fraction of sp³-hybridized carbons (Fsp3) is 0.333. The zero-order chi connectivity index (χ0) is 18.3. The largest absolute Gasteiger partial charge is 0.493 e. The minimum absolute atomic E-state index is 0.454. The van der Waals surface area contributed by atoms with Gasteiger partial charge in [0.25, 0.3) is 0 Å². The van der Waals surface area contributed by atoms with Gasteiger partial charge in [0.15, 0.2) is 11.5 Å². The van der Waals surface area contributed by atoms with Crippen molar-refractivity contribution in [3.63, 3.8) is 0 Å². The molecular weight excluding hydrogens is 328 g/mol. The zero-order valence-corrected chi connectivity index (χ0v) is 15.2. The third-order valence-corrected chi connectivity index (χ3v) is 5.49. The summed E-state index contributed by atoms with van der Waals surface area (Å²) < 4.78 is 12.6. The summed E-state index contributed by atoms with van der Waals surface area (Å²) in [6.07, 6.45) is 3.12. The maximum Gasteiger partial charge on any atom is 0.425 e. The first-order valence-corrected chi connectivity index (χ1v) is 8.93. The molecular formula is C21H22N2O3. The number of aryl methyl sites for hydroxylation is 1. The van der Waals surface area contributed by atoms with Crippen LogP contribution in [0.15, 0.2) is 42.7 Å². The van der Waals surface area contributed by atoms with Crippen LogP contribution in [-0.4, -0.2) is 22.8 Å². The average molecular weight is 350 g/mol. The highest BCUT2D eigenvalue weighted by molar-refractivity contribution is 5.87. The number of hydrogen-bond acceptors (Lipinski definition) is 4. The molecule has 2 unspecified atom stereocenters. The summed E-state index contributed by atoms with van der Waals surface area (Å²) in [4.78, 5) is 16.9. The quantitative estimate of drug-likeness (QED) is 0.667. The highest BCUT2D eigenvalue weighted by Crippen LogP contribution is 2.41. The molecule has 0 N–H and O–H groups in total. The Labute approximate surface area is 152 Å². The Hall–Kier alpha value is -2.82. The van der Waals surface area contributed by atoms with Crippen molar-refractivity contribution in [1.29, 1.82) is 0 Å². The third-order valence-electron chi connectivity index (χ3n) is 5.49. The van der Waals surface area contributed by atoms with Crippen molar-refractivity contribution in [2.45, 2.75) is 32.6 Å². The molecule has 5 heteroatoms. The Balaban J connectivity index is 1.69. The van der Waals surface area contributed by atoms with E-state index in [4.69, 9.17) is 9.47 Å². The second-order valence-corrected chi connectivity index (χ2v) is 6.98. The summed E-state index contributed by atoms with van der Waals surface area (Å²) in [5, 5.41) is 0. The van der Waals surface area contributed by atoms with Gasteiger partial charge >= 0.3 is 6.09 Å². The van der Waals surface area contributed by atoms with E-state index in [1.165, 1.54) is 22.0 Å². The molecule has 1 heterocycles. The van der Waals surface area contributed by atoms with Crippen molar-refractivity contribution in [1.82, 2.24) is 9.55 Å². The van der Waals surface area contributed by atoms with Gasteiger partial charge in [0.2, 0.25) is 0 Å². The third kappa shape index (κ3) is 2.73. The lowest BCUT2D eigenvalue weighted by Gasteiger charge is -2.29. The Morgan fingerprint density at radius 1 is 1.19 bits per heavy atom. The van der Waals surface area contributed by atoms with E-state index >= 15 is 0 Å². The molecule has 2 aromatic carbocycles. The van der Waals surface area contributed by atoms with Crippen LogP contribution in [-0.2, 0) is 6.42 Å². The van der Waals surface area contributed by atoms with Gasteiger partial charge in [-0.3, -0.25) is 0 Å². The van der Waals surface area contributed by atoms with Crippen LogP contribution in [0.3, 0.4) is 0 Å². The van der Waals surface area contributed by atoms with Crippen LogP contribution in [0.1, 0.15) is 37.3 Å². The van der Waals surface area contributed by atoms with Crippen LogP contribution in [0.2, 0.25) is 0 Å². The maximum absolute atomic E-state index is 12.7.